The highest BCUT2D eigenvalue weighted by molar-refractivity contribution is 5.08. The molecule has 2 saturated carbocycles. The molecule has 15 heavy (non-hydrogen) atoms. The predicted octanol–water partition coefficient (Wildman–Crippen LogP) is 3.14. The van der Waals surface area contributed by atoms with Gasteiger partial charge in [-0.15, -0.1) is 0 Å². The van der Waals surface area contributed by atoms with E-state index in [1.165, 1.54) is 44.9 Å². The van der Waals surface area contributed by atoms with E-state index in [4.69, 9.17) is 0 Å². The maximum absolute atomic E-state index is 3.64. The van der Waals surface area contributed by atoms with Crippen molar-refractivity contribution < 1.29 is 0 Å². The maximum Gasteiger partial charge on any atom is 0.0480 e. The van der Waals surface area contributed by atoms with Crippen LogP contribution in [0.15, 0.2) is 24.5 Å². The Morgan fingerprint density at radius 1 is 1.00 bits per heavy atom. The monoisotopic (exact) mass is 204 g/mol. The highest BCUT2D eigenvalue weighted by Crippen LogP contribution is 2.51. The zero-order chi connectivity index (χ0) is 10.1. The number of nitrogens with one attached hydrogen (secondary N) is 1. The molecule has 2 fully saturated rings. The molecule has 1 heterocycles. The second-order valence-corrected chi connectivity index (χ2v) is 5.23. The fourth-order valence-electron chi connectivity index (χ4n) is 3.35. The molecule has 82 valence electrons. The van der Waals surface area contributed by atoms with Crippen LogP contribution in [0.5, 0.6) is 0 Å². The first kappa shape index (κ1) is 9.32. The molecule has 1 atom stereocenters. The van der Waals surface area contributed by atoms with E-state index in [9.17, 15) is 0 Å². The molecule has 3 rings (SSSR count). The van der Waals surface area contributed by atoms with Gasteiger partial charge in [-0.05, 0) is 43.2 Å². The SMILES string of the molecule is c1ccn(NC2CCC23CCCCC3)c1. The van der Waals surface area contributed by atoms with Gasteiger partial charge in [-0.2, -0.15) is 0 Å². The standard InChI is InChI=1S/C13H20N2/c1-2-7-13(8-3-1)9-6-12(13)14-15-10-4-5-11-15/h4-5,10-12,14H,1-3,6-9H2. The van der Waals surface area contributed by atoms with Crippen LogP contribution in [0.3, 0.4) is 0 Å². The summed E-state index contributed by atoms with van der Waals surface area (Å²) >= 11 is 0. The molecule has 0 radical (unpaired) electrons. The van der Waals surface area contributed by atoms with Crippen LogP contribution in [-0.4, -0.2) is 10.7 Å². The lowest BCUT2D eigenvalue weighted by atomic mass is 9.57. The van der Waals surface area contributed by atoms with Gasteiger partial charge in [-0.3, -0.25) is 4.68 Å². The van der Waals surface area contributed by atoms with Crippen LogP contribution in [0, 0.1) is 5.41 Å². The zero-order valence-electron chi connectivity index (χ0n) is 9.28. The Balaban J connectivity index is 1.67. The molecule has 1 N–H and O–H groups in total. The molecule has 0 amide bonds. The van der Waals surface area contributed by atoms with Crippen molar-refractivity contribution in [2.24, 2.45) is 5.41 Å². The molecule has 0 aliphatic heterocycles. The van der Waals surface area contributed by atoms with Gasteiger partial charge in [0.1, 0.15) is 0 Å². The van der Waals surface area contributed by atoms with E-state index in [1.807, 2.05) is 0 Å². The minimum atomic E-state index is 0.655. The van der Waals surface area contributed by atoms with Gasteiger partial charge in [0.25, 0.3) is 0 Å². The molecule has 1 aromatic heterocycles. The highest BCUT2D eigenvalue weighted by atomic mass is 15.4. The van der Waals surface area contributed by atoms with Crippen molar-refractivity contribution >= 4 is 0 Å². The third-order valence-electron chi connectivity index (χ3n) is 4.43. The average molecular weight is 204 g/mol. The molecule has 0 aromatic carbocycles. The van der Waals surface area contributed by atoms with Crippen molar-refractivity contribution in [1.29, 1.82) is 0 Å². The van der Waals surface area contributed by atoms with Crippen molar-refractivity contribution in [3.8, 4) is 0 Å². The quantitative estimate of drug-likeness (QED) is 0.783. The van der Waals surface area contributed by atoms with Crippen molar-refractivity contribution in [2.45, 2.75) is 51.0 Å². The minimum Gasteiger partial charge on any atom is -0.323 e. The molecule has 2 aliphatic rings. The second-order valence-electron chi connectivity index (χ2n) is 5.23. The van der Waals surface area contributed by atoms with E-state index in [0.717, 1.165) is 6.04 Å². The van der Waals surface area contributed by atoms with E-state index < -0.39 is 0 Å². The van der Waals surface area contributed by atoms with E-state index in [0.29, 0.717) is 5.41 Å². The summed E-state index contributed by atoms with van der Waals surface area (Å²) in [5.41, 5.74) is 4.29. The first-order chi connectivity index (χ1) is 7.39. The molecule has 2 heteroatoms. The molecule has 1 unspecified atom stereocenters. The summed E-state index contributed by atoms with van der Waals surface area (Å²) in [4.78, 5) is 0. The fraction of sp³-hybridized carbons (Fsp3) is 0.692. The van der Waals surface area contributed by atoms with Gasteiger partial charge in [0.2, 0.25) is 0 Å². The number of nitrogens with zero attached hydrogens (tertiary/aromatic N) is 1. The fourth-order valence-corrected chi connectivity index (χ4v) is 3.35. The van der Waals surface area contributed by atoms with Crippen molar-refractivity contribution in [3.05, 3.63) is 24.5 Å². The molecule has 2 nitrogen and oxygen atoms in total. The Labute approximate surface area is 91.6 Å². The zero-order valence-corrected chi connectivity index (χ0v) is 9.28. The number of rotatable bonds is 2. The van der Waals surface area contributed by atoms with Crippen LogP contribution in [0.4, 0.5) is 0 Å². The normalized spacial score (nSPS) is 28.7. The topological polar surface area (TPSA) is 17.0 Å². The summed E-state index contributed by atoms with van der Waals surface area (Å²) in [5, 5.41) is 0. The number of hydrogen-bond donors (Lipinski definition) is 1. The Morgan fingerprint density at radius 3 is 2.33 bits per heavy atom. The Kier molecular flexibility index (Phi) is 2.23. The van der Waals surface area contributed by atoms with Crippen LogP contribution in [0.1, 0.15) is 44.9 Å². The summed E-state index contributed by atoms with van der Waals surface area (Å²) in [6.45, 7) is 0. The highest BCUT2D eigenvalue weighted by Gasteiger charge is 2.46. The van der Waals surface area contributed by atoms with Crippen molar-refractivity contribution in [2.75, 3.05) is 5.43 Å². The van der Waals surface area contributed by atoms with Gasteiger partial charge >= 0.3 is 0 Å². The second kappa shape index (κ2) is 3.58. The molecule has 0 saturated heterocycles. The Bertz CT molecular complexity index is 309. The molecule has 1 aromatic rings. The first-order valence-corrected chi connectivity index (χ1v) is 6.29. The van der Waals surface area contributed by atoms with Gasteiger partial charge in [0, 0.05) is 18.4 Å². The van der Waals surface area contributed by atoms with Gasteiger partial charge in [-0.25, -0.2) is 0 Å². The Morgan fingerprint density at radius 2 is 1.73 bits per heavy atom. The first-order valence-electron chi connectivity index (χ1n) is 6.29. The van der Waals surface area contributed by atoms with Crippen LogP contribution in [-0.2, 0) is 0 Å². The smallest absolute Gasteiger partial charge is 0.0480 e. The van der Waals surface area contributed by atoms with Crippen LogP contribution < -0.4 is 5.43 Å². The van der Waals surface area contributed by atoms with Crippen LogP contribution in [0.2, 0.25) is 0 Å². The largest absolute Gasteiger partial charge is 0.323 e. The van der Waals surface area contributed by atoms with E-state index in [2.05, 4.69) is 34.6 Å². The Hall–Kier alpha value is -0.920. The van der Waals surface area contributed by atoms with Crippen molar-refractivity contribution in [1.82, 2.24) is 4.68 Å². The summed E-state index contributed by atoms with van der Waals surface area (Å²) < 4.78 is 2.13. The minimum absolute atomic E-state index is 0.655. The van der Waals surface area contributed by atoms with E-state index in [1.54, 1.807) is 0 Å². The van der Waals surface area contributed by atoms with Crippen molar-refractivity contribution in [3.63, 3.8) is 0 Å². The molecule has 0 bridgehead atoms. The lowest BCUT2D eigenvalue weighted by Gasteiger charge is -2.52. The lowest BCUT2D eigenvalue weighted by molar-refractivity contribution is 0.0502. The lowest BCUT2D eigenvalue weighted by Crippen LogP contribution is -2.52. The average Bonchev–Trinajstić information content (AvgIpc) is 2.78. The molecule has 1 spiro atoms. The van der Waals surface area contributed by atoms with Crippen LogP contribution >= 0.6 is 0 Å². The summed E-state index contributed by atoms with van der Waals surface area (Å²) in [5.74, 6) is 0. The third-order valence-corrected chi connectivity index (χ3v) is 4.43. The molecular formula is C13H20N2. The summed E-state index contributed by atoms with van der Waals surface area (Å²) in [7, 11) is 0. The third kappa shape index (κ3) is 1.56. The van der Waals surface area contributed by atoms with Gasteiger partial charge in [0.15, 0.2) is 0 Å². The van der Waals surface area contributed by atoms with E-state index in [-0.39, 0.29) is 0 Å². The maximum atomic E-state index is 3.64. The predicted molar refractivity (Wildman–Crippen MR) is 62.3 cm³/mol. The summed E-state index contributed by atoms with van der Waals surface area (Å²) in [6, 6.07) is 4.89. The number of hydrogen-bond acceptors (Lipinski definition) is 1. The summed E-state index contributed by atoms with van der Waals surface area (Å²) in [6.07, 6.45) is 14.3. The van der Waals surface area contributed by atoms with Gasteiger partial charge in [-0.1, -0.05) is 19.3 Å². The molecule has 2 aliphatic carbocycles. The molecular weight excluding hydrogens is 184 g/mol. The van der Waals surface area contributed by atoms with Crippen LogP contribution in [0.25, 0.3) is 0 Å². The van der Waals surface area contributed by atoms with E-state index >= 15 is 0 Å². The van der Waals surface area contributed by atoms with Gasteiger partial charge in [0.05, 0.1) is 0 Å². The number of aromatic nitrogens is 1. The van der Waals surface area contributed by atoms with Gasteiger partial charge < -0.3 is 5.43 Å².